The normalized spacial score (nSPS) is 10.3. The molecule has 0 fully saturated rings. The zero-order chi connectivity index (χ0) is 10.7. The number of rotatable bonds is 2. The summed E-state index contributed by atoms with van der Waals surface area (Å²) in [6.45, 7) is 2.16. The Labute approximate surface area is 91.0 Å². The smallest absolute Gasteiger partial charge is 0.185 e. The summed E-state index contributed by atoms with van der Waals surface area (Å²) in [6.07, 6.45) is 3.09. The van der Waals surface area contributed by atoms with Gasteiger partial charge in [-0.05, 0) is 18.1 Å². The molecular formula is C14H16N+. The molecule has 1 heterocycles. The molecule has 2 rings (SSSR count). The molecule has 0 unspecified atom stereocenters. The highest BCUT2D eigenvalue weighted by Gasteiger charge is 2.06. The number of nitrogens with zero attached hydrogens (tertiary/aromatic N) is 1. The van der Waals surface area contributed by atoms with Crippen LogP contribution in [0.1, 0.15) is 16.8 Å². The van der Waals surface area contributed by atoms with Gasteiger partial charge in [-0.1, -0.05) is 30.3 Å². The third-order valence-electron chi connectivity index (χ3n) is 2.80. The summed E-state index contributed by atoms with van der Waals surface area (Å²) < 4.78 is 2.17. The van der Waals surface area contributed by atoms with Crippen LogP contribution >= 0.6 is 0 Å². The molecule has 76 valence electrons. The van der Waals surface area contributed by atoms with E-state index in [1.54, 1.807) is 0 Å². The number of benzene rings is 1. The second kappa shape index (κ2) is 4.26. The highest BCUT2D eigenvalue weighted by Crippen LogP contribution is 2.10. The first kappa shape index (κ1) is 9.91. The van der Waals surface area contributed by atoms with E-state index in [1.807, 2.05) is 0 Å². The average Bonchev–Trinajstić information content (AvgIpc) is 2.24. The van der Waals surface area contributed by atoms with Crippen molar-refractivity contribution >= 4 is 0 Å². The third kappa shape index (κ3) is 2.24. The number of hydrogen-bond donors (Lipinski definition) is 0. The average molecular weight is 198 g/mol. The maximum absolute atomic E-state index is 2.20. The van der Waals surface area contributed by atoms with E-state index >= 15 is 0 Å². The van der Waals surface area contributed by atoms with E-state index in [1.165, 1.54) is 16.8 Å². The van der Waals surface area contributed by atoms with Crippen LogP contribution in [0, 0.1) is 6.92 Å². The topological polar surface area (TPSA) is 3.88 Å². The largest absolute Gasteiger partial charge is 0.205 e. The van der Waals surface area contributed by atoms with Gasteiger partial charge in [0, 0.05) is 12.1 Å². The fourth-order valence-corrected chi connectivity index (χ4v) is 1.75. The van der Waals surface area contributed by atoms with E-state index in [0.717, 1.165) is 6.42 Å². The molecule has 0 amide bonds. The van der Waals surface area contributed by atoms with Crippen molar-refractivity contribution in [1.82, 2.24) is 0 Å². The Kier molecular flexibility index (Phi) is 2.82. The molecule has 0 aliphatic carbocycles. The van der Waals surface area contributed by atoms with Crippen molar-refractivity contribution in [3.05, 3.63) is 65.5 Å². The van der Waals surface area contributed by atoms with Crippen molar-refractivity contribution in [2.45, 2.75) is 13.3 Å². The molecule has 1 aromatic carbocycles. The molecule has 0 radical (unpaired) electrons. The van der Waals surface area contributed by atoms with Crippen LogP contribution in [0.4, 0.5) is 0 Å². The standard InChI is InChI=1S/C14H16N/c1-12-7-3-4-8-13(12)11-14-9-5-6-10-15(14)2/h3-10H,11H2,1-2H3/q+1. The maximum Gasteiger partial charge on any atom is 0.185 e. The first-order chi connectivity index (χ1) is 7.27. The number of aromatic nitrogens is 1. The van der Waals surface area contributed by atoms with Gasteiger partial charge in [-0.3, -0.25) is 0 Å². The Morgan fingerprint density at radius 3 is 2.47 bits per heavy atom. The Morgan fingerprint density at radius 1 is 1.00 bits per heavy atom. The summed E-state index contributed by atoms with van der Waals surface area (Å²) in [7, 11) is 2.09. The number of hydrogen-bond acceptors (Lipinski definition) is 0. The highest BCUT2D eigenvalue weighted by molar-refractivity contribution is 5.28. The van der Waals surface area contributed by atoms with E-state index in [9.17, 15) is 0 Å². The lowest BCUT2D eigenvalue weighted by atomic mass is 10.0. The molecule has 1 nitrogen and oxygen atoms in total. The lowest BCUT2D eigenvalue weighted by Gasteiger charge is -2.03. The fraction of sp³-hybridized carbons (Fsp3) is 0.214. The van der Waals surface area contributed by atoms with Crippen molar-refractivity contribution in [1.29, 1.82) is 0 Å². The van der Waals surface area contributed by atoms with Crippen molar-refractivity contribution < 1.29 is 4.57 Å². The summed E-state index contributed by atoms with van der Waals surface area (Å²) in [5.74, 6) is 0. The summed E-state index contributed by atoms with van der Waals surface area (Å²) in [4.78, 5) is 0. The molecule has 1 heteroatoms. The van der Waals surface area contributed by atoms with Crippen LogP contribution in [0.3, 0.4) is 0 Å². The molecule has 1 aromatic heterocycles. The summed E-state index contributed by atoms with van der Waals surface area (Å²) in [5, 5.41) is 0. The van der Waals surface area contributed by atoms with Crippen LogP contribution in [-0.4, -0.2) is 0 Å². The summed E-state index contributed by atoms with van der Waals surface area (Å²) in [5.41, 5.74) is 4.10. The molecule has 0 saturated heterocycles. The Morgan fingerprint density at radius 2 is 1.73 bits per heavy atom. The molecule has 0 spiro atoms. The summed E-state index contributed by atoms with van der Waals surface area (Å²) >= 11 is 0. The SMILES string of the molecule is Cc1ccccc1Cc1cccc[n+]1C. The Hall–Kier alpha value is -1.63. The van der Waals surface area contributed by atoms with Gasteiger partial charge >= 0.3 is 0 Å². The molecule has 0 saturated carbocycles. The van der Waals surface area contributed by atoms with E-state index in [2.05, 4.69) is 67.2 Å². The summed E-state index contributed by atoms with van der Waals surface area (Å²) in [6, 6.07) is 14.9. The third-order valence-corrected chi connectivity index (χ3v) is 2.80. The molecular weight excluding hydrogens is 182 g/mol. The van der Waals surface area contributed by atoms with E-state index in [4.69, 9.17) is 0 Å². The first-order valence-corrected chi connectivity index (χ1v) is 5.25. The number of pyridine rings is 1. The van der Waals surface area contributed by atoms with Gasteiger partial charge in [0.05, 0.1) is 6.42 Å². The monoisotopic (exact) mass is 198 g/mol. The van der Waals surface area contributed by atoms with Gasteiger partial charge in [-0.25, -0.2) is 4.57 Å². The van der Waals surface area contributed by atoms with Gasteiger partial charge in [-0.15, -0.1) is 0 Å². The molecule has 0 bridgehead atoms. The molecule has 0 atom stereocenters. The van der Waals surface area contributed by atoms with Crippen LogP contribution in [0.25, 0.3) is 0 Å². The predicted octanol–water partition coefficient (Wildman–Crippen LogP) is 2.41. The van der Waals surface area contributed by atoms with Crippen molar-refractivity contribution in [3.8, 4) is 0 Å². The zero-order valence-electron chi connectivity index (χ0n) is 9.27. The van der Waals surface area contributed by atoms with Gasteiger partial charge in [0.25, 0.3) is 0 Å². The highest BCUT2D eigenvalue weighted by atomic mass is 14.9. The van der Waals surface area contributed by atoms with Gasteiger partial charge in [-0.2, -0.15) is 0 Å². The zero-order valence-corrected chi connectivity index (χ0v) is 9.27. The quantitative estimate of drug-likeness (QED) is 0.652. The second-order valence-electron chi connectivity index (χ2n) is 3.91. The Bertz CT molecular complexity index is 417. The second-order valence-corrected chi connectivity index (χ2v) is 3.91. The van der Waals surface area contributed by atoms with E-state index in [0.29, 0.717) is 0 Å². The minimum atomic E-state index is 1.00. The van der Waals surface area contributed by atoms with Crippen molar-refractivity contribution in [2.24, 2.45) is 7.05 Å². The predicted molar refractivity (Wildman–Crippen MR) is 61.6 cm³/mol. The van der Waals surface area contributed by atoms with Gasteiger partial charge < -0.3 is 0 Å². The van der Waals surface area contributed by atoms with Crippen LogP contribution in [0.5, 0.6) is 0 Å². The van der Waals surface area contributed by atoms with Crippen molar-refractivity contribution in [2.75, 3.05) is 0 Å². The van der Waals surface area contributed by atoms with Crippen LogP contribution in [0.15, 0.2) is 48.7 Å². The molecule has 0 N–H and O–H groups in total. The molecule has 0 aliphatic rings. The lowest BCUT2D eigenvalue weighted by Crippen LogP contribution is -2.32. The lowest BCUT2D eigenvalue weighted by molar-refractivity contribution is -0.678. The van der Waals surface area contributed by atoms with Gasteiger partial charge in [0.2, 0.25) is 0 Å². The number of aryl methyl sites for hydroxylation is 2. The van der Waals surface area contributed by atoms with Crippen LogP contribution in [-0.2, 0) is 13.5 Å². The van der Waals surface area contributed by atoms with Crippen LogP contribution < -0.4 is 4.57 Å². The van der Waals surface area contributed by atoms with Gasteiger partial charge in [0.1, 0.15) is 7.05 Å². The van der Waals surface area contributed by atoms with E-state index in [-0.39, 0.29) is 0 Å². The fourth-order valence-electron chi connectivity index (χ4n) is 1.75. The maximum atomic E-state index is 2.20. The molecule has 2 aromatic rings. The van der Waals surface area contributed by atoms with E-state index < -0.39 is 0 Å². The minimum Gasteiger partial charge on any atom is -0.205 e. The molecule has 15 heavy (non-hydrogen) atoms. The minimum absolute atomic E-state index is 1.00. The van der Waals surface area contributed by atoms with Crippen LogP contribution in [0.2, 0.25) is 0 Å². The van der Waals surface area contributed by atoms with Gasteiger partial charge in [0.15, 0.2) is 11.9 Å². The Balaban J connectivity index is 2.30. The van der Waals surface area contributed by atoms with Crippen molar-refractivity contribution in [3.63, 3.8) is 0 Å². The molecule has 0 aliphatic heterocycles. The first-order valence-electron chi connectivity index (χ1n) is 5.25.